The van der Waals surface area contributed by atoms with E-state index < -0.39 is 11.8 Å². The number of rotatable bonds is 4. The van der Waals surface area contributed by atoms with Gasteiger partial charge < -0.3 is 10.4 Å². The van der Waals surface area contributed by atoms with Gasteiger partial charge in [-0.25, -0.2) is 9.18 Å². The van der Waals surface area contributed by atoms with Gasteiger partial charge in [0.1, 0.15) is 5.82 Å². The van der Waals surface area contributed by atoms with Gasteiger partial charge in [-0.15, -0.1) is 11.3 Å². The Hall–Kier alpha value is -2.47. The van der Waals surface area contributed by atoms with E-state index >= 15 is 0 Å². The fourth-order valence-electron chi connectivity index (χ4n) is 1.50. The van der Waals surface area contributed by atoms with Gasteiger partial charge >= 0.3 is 5.97 Å². The zero-order valence-corrected chi connectivity index (χ0v) is 11.0. The molecule has 20 heavy (non-hydrogen) atoms. The third kappa shape index (κ3) is 3.52. The fourth-order valence-corrected chi connectivity index (χ4v) is 2.12. The molecule has 0 aliphatic heterocycles. The molecular formula is C14H10FNO3S. The lowest BCUT2D eigenvalue weighted by molar-refractivity contribution is -0.131. The second-order valence-electron chi connectivity index (χ2n) is 3.84. The van der Waals surface area contributed by atoms with E-state index in [4.69, 9.17) is 5.11 Å². The maximum absolute atomic E-state index is 13.7. The number of halogens is 1. The lowest BCUT2D eigenvalue weighted by Gasteiger charge is -2.05. The van der Waals surface area contributed by atoms with Crippen LogP contribution >= 0.6 is 11.3 Å². The summed E-state index contributed by atoms with van der Waals surface area (Å²) in [6.45, 7) is 0. The van der Waals surface area contributed by atoms with Gasteiger partial charge in [-0.2, -0.15) is 0 Å². The number of aliphatic carboxylic acids is 1. The molecule has 2 N–H and O–H groups in total. The first kappa shape index (κ1) is 14.0. The Morgan fingerprint density at radius 2 is 2.10 bits per heavy atom. The van der Waals surface area contributed by atoms with Crippen LogP contribution in [0.4, 0.5) is 10.1 Å². The fraction of sp³-hybridized carbons (Fsp3) is 0. The van der Waals surface area contributed by atoms with Crippen molar-refractivity contribution in [3.63, 3.8) is 0 Å². The number of anilines is 1. The number of carbonyl (C=O) groups is 2. The zero-order chi connectivity index (χ0) is 14.5. The van der Waals surface area contributed by atoms with Gasteiger partial charge in [-0.05, 0) is 35.7 Å². The van der Waals surface area contributed by atoms with Crippen molar-refractivity contribution in [2.75, 3.05) is 5.32 Å². The zero-order valence-electron chi connectivity index (χ0n) is 10.2. The van der Waals surface area contributed by atoms with Crippen LogP contribution in [0.3, 0.4) is 0 Å². The lowest BCUT2D eigenvalue weighted by atomic mass is 10.1. The molecule has 0 saturated heterocycles. The topological polar surface area (TPSA) is 66.4 Å². The standard InChI is InChI=1S/C14H10FNO3S/c15-11-8-10(5-3-9(11)4-6-13(17)18)16-14(19)12-2-1-7-20-12/h1-8H,(H,16,19)(H,17,18). The van der Waals surface area contributed by atoms with Gasteiger partial charge in [0, 0.05) is 17.3 Å². The van der Waals surface area contributed by atoms with Crippen molar-refractivity contribution in [3.8, 4) is 0 Å². The summed E-state index contributed by atoms with van der Waals surface area (Å²) in [6.07, 6.45) is 2.00. The number of thiophene rings is 1. The highest BCUT2D eigenvalue weighted by Crippen LogP contribution is 2.18. The number of nitrogens with one attached hydrogen (secondary N) is 1. The Bertz CT molecular complexity index is 665. The molecule has 1 heterocycles. The summed E-state index contributed by atoms with van der Waals surface area (Å²) >= 11 is 1.29. The van der Waals surface area contributed by atoms with Crippen LogP contribution < -0.4 is 5.32 Å². The Balaban J connectivity index is 2.13. The number of hydrogen-bond donors (Lipinski definition) is 2. The molecule has 0 saturated carbocycles. The molecule has 0 unspecified atom stereocenters. The Kier molecular flexibility index (Phi) is 4.27. The second-order valence-corrected chi connectivity index (χ2v) is 4.79. The maximum Gasteiger partial charge on any atom is 0.328 e. The van der Waals surface area contributed by atoms with Crippen molar-refractivity contribution < 1.29 is 19.1 Å². The van der Waals surface area contributed by atoms with E-state index in [-0.39, 0.29) is 11.5 Å². The van der Waals surface area contributed by atoms with Crippen molar-refractivity contribution >= 4 is 35.0 Å². The van der Waals surface area contributed by atoms with Crippen molar-refractivity contribution in [1.82, 2.24) is 0 Å². The molecule has 4 nitrogen and oxygen atoms in total. The molecule has 0 aliphatic carbocycles. The van der Waals surface area contributed by atoms with Gasteiger partial charge in [0.2, 0.25) is 0 Å². The normalized spacial score (nSPS) is 10.7. The number of carboxylic acids is 1. The van der Waals surface area contributed by atoms with Gasteiger partial charge in [-0.3, -0.25) is 4.79 Å². The van der Waals surface area contributed by atoms with Crippen molar-refractivity contribution in [2.24, 2.45) is 0 Å². The van der Waals surface area contributed by atoms with Gasteiger partial charge in [0.15, 0.2) is 0 Å². The van der Waals surface area contributed by atoms with Crippen LogP contribution in [-0.4, -0.2) is 17.0 Å². The van der Waals surface area contributed by atoms with E-state index in [0.717, 1.165) is 18.2 Å². The molecule has 0 atom stereocenters. The molecular weight excluding hydrogens is 281 g/mol. The molecule has 1 amide bonds. The van der Waals surface area contributed by atoms with E-state index in [1.54, 1.807) is 17.5 Å². The van der Waals surface area contributed by atoms with Crippen LogP contribution in [0.5, 0.6) is 0 Å². The maximum atomic E-state index is 13.7. The molecule has 1 aromatic carbocycles. The van der Waals surface area contributed by atoms with Crippen LogP contribution in [0.2, 0.25) is 0 Å². The minimum atomic E-state index is -1.15. The SMILES string of the molecule is O=C(O)C=Cc1ccc(NC(=O)c2cccs2)cc1F. The molecule has 2 rings (SSSR count). The van der Waals surface area contributed by atoms with Gasteiger partial charge in [0.05, 0.1) is 4.88 Å². The van der Waals surface area contributed by atoms with E-state index in [1.165, 1.54) is 23.5 Å². The molecule has 6 heteroatoms. The number of amides is 1. The van der Waals surface area contributed by atoms with Crippen LogP contribution in [0, 0.1) is 5.82 Å². The number of benzene rings is 1. The first-order valence-corrected chi connectivity index (χ1v) is 6.49. The Labute approximate surface area is 118 Å². The van der Waals surface area contributed by atoms with Crippen LogP contribution in [-0.2, 0) is 4.79 Å². The summed E-state index contributed by atoms with van der Waals surface area (Å²) in [6, 6.07) is 7.47. The van der Waals surface area contributed by atoms with E-state index in [0.29, 0.717) is 10.6 Å². The number of carboxylic acid groups (broad SMARTS) is 1. The molecule has 0 radical (unpaired) electrons. The third-order valence-electron chi connectivity index (χ3n) is 2.41. The summed E-state index contributed by atoms with van der Waals surface area (Å²) in [5.41, 5.74) is 0.454. The van der Waals surface area contributed by atoms with Gasteiger partial charge in [-0.1, -0.05) is 6.07 Å². The van der Waals surface area contributed by atoms with Crippen LogP contribution in [0.15, 0.2) is 41.8 Å². The summed E-state index contributed by atoms with van der Waals surface area (Å²) in [4.78, 5) is 22.7. The summed E-state index contributed by atoms with van der Waals surface area (Å²) in [5, 5.41) is 12.8. The monoisotopic (exact) mass is 291 g/mol. The smallest absolute Gasteiger partial charge is 0.328 e. The minimum Gasteiger partial charge on any atom is -0.478 e. The van der Waals surface area contributed by atoms with Gasteiger partial charge in [0.25, 0.3) is 5.91 Å². The predicted octanol–water partition coefficient (Wildman–Crippen LogP) is 3.24. The predicted molar refractivity (Wildman–Crippen MR) is 75.3 cm³/mol. The highest BCUT2D eigenvalue weighted by molar-refractivity contribution is 7.12. The first-order valence-electron chi connectivity index (χ1n) is 5.61. The van der Waals surface area contributed by atoms with E-state index in [9.17, 15) is 14.0 Å². The third-order valence-corrected chi connectivity index (χ3v) is 3.28. The lowest BCUT2D eigenvalue weighted by Crippen LogP contribution is -2.10. The highest BCUT2D eigenvalue weighted by Gasteiger charge is 2.08. The van der Waals surface area contributed by atoms with Crippen molar-refractivity contribution in [1.29, 1.82) is 0 Å². The Morgan fingerprint density at radius 1 is 1.30 bits per heavy atom. The molecule has 0 fully saturated rings. The average Bonchev–Trinajstić information content (AvgIpc) is 2.91. The molecule has 2 aromatic rings. The van der Waals surface area contributed by atoms with E-state index in [2.05, 4.69) is 5.32 Å². The second kappa shape index (κ2) is 6.12. The first-order chi connectivity index (χ1) is 9.56. The molecule has 0 aliphatic rings. The molecule has 102 valence electrons. The quantitative estimate of drug-likeness (QED) is 0.850. The van der Waals surface area contributed by atoms with Crippen LogP contribution in [0.25, 0.3) is 6.08 Å². The number of hydrogen-bond acceptors (Lipinski definition) is 3. The largest absolute Gasteiger partial charge is 0.478 e. The van der Waals surface area contributed by atoms with Crippen molar-refractivity contribution in [3.05, 3.63) is 58.0 Å². The van der Waals surface area contributed by atoms with Crippen molar-refractivity contribution in [2.45, 2.75) is 0 Å². The Morgan fingerprint density at radius 3 is 2.70 bits per heavy atom. The van der Waals surface area contributed by atoms with Crippen LogP contribution in [0.1, 0.15) is 15.2 Å². The highest BCUT2D eigenvalue weighted by atomic mass is 32.1. The number of carbonyl (C=O) groups excluding carboxylic acids is 1. The molecule has 0 bridgehead atoms. The average molecular weight is 291 g/mol. The summed E-state index contributed by atoms with van der Waals surface area (Å²) in [7, 11) is 0. The minimum absolute atomic E-state index is 0.140. The molecule has 1 aromatic heterocycles. The van der Waals surface area contributed by atoms with E-state index in [1.807, 2.05) is 0 Å². The molecule has 0 spiro atoms. The summed E-state index contributed by atoms with van der Waals surface area (Å²) < 4.78 is 13.7. The summed E-state index contributed by atoms with van der Waals surface area (Å²) in [5.74, 6) is -2.07.